The number of unbranched alkanes of at least 4 members (excludes halogenated alkanes) is 2. The summed E-state index contributed by atoms with van der Waals surface area (Å²) in [5.41, 5.74) is 0.885. The molecule has 1 aromatic carbocycles. The molecular weight excluding hydrogens is 322 g/mol. The fraction of sp³-hybridized carbons (Fsp3) is 0.533. The summed E-state index contributed by atoms with van der Waals surface area (Å²) in [7, 11) is 3.17. The maximum Gasteiger partial charge on any atom is 0.224 e. The Hall–Kier alpha value is -1.23. The summed E-state index contributed by atoms with van der Waals surface area (Å²) >= 11 is 3.46. The van der Waals surface area contributed by atoms with E-state index in [1.165, 1.54) is 0 Å². The van der Waals surface area contributed by atoms with E-state index in [4.69, 9.17) is 9.47 Å². The molecule has 0 radical (unpaired) electrons. The second kappa shape index (κ2) is 8.84. The molecule has 112 valence electrons. The monoisotopic (exact) mass is 343 g/mol. The zero-order valence-electron chi connectivity index (χ0n) is 12.3. The van der Waals surface area contributed by atoms with E-state index < -0.39 is 0 Å². The fourth-order valence-electron chi connectivity index (χ4n) is 1.87. The van der Waals surface area contributed by atoms with Crippen LogP contribution in [0.2, 0.25) is 0 Å². The lowest BCUT2D eigenvalue weighted by molar-refractivity contribution is -0.120. The van der Waals surface area contributed by atoms with Crippen molar-refractivity contribution >= 4 is 21.8 Å². The number of methoxy groups -OCH3 is 2. The molecule has 0 unspecified atom stereocenters. The van der Waals surface area contributed by atoms with Crippen molar-refractivity contribution in [1.29, 1.82) is 0 Å². The SMILES string of the molecule is CCCCCNC(=O)Cc1cc(OC)c(OC)cc1Br. The Morgan fingerprint density at radius 3 is 2.45 bits per heavy atom. The van der Waals surface area contributed by atoms with Gasteiger partial charge in [0.2, 0.25) is 5.91 Å². The molecule has 1 aromatic rings. The zero-order valence-corrected chi connectivity index (χ0v) is 13.9. The van der Waals surface area contributed by atoms with Crippen LogP contribution in [-0.4, -0.2) is 26.7 Å². The number of ether oxygens (including phenoxy) is 2. The van der Waals surface area contributed by atoms with Gasteiger partial charge in [-0.05, 0) is 24.1 Å². The van der Waals surface area contributed by atoms with Gasteiger partial charge in [0.05, 0.1) is 20.6 Å². The van der Waals surface area contributed by atoms with Crippen LogP contribution in [0.1, 0.15) is 31.7 Å². The van der Waals surface area contributed by atoms with Crippen LogP contribution in [0.4, 0.5) is 0 Å². The minimum Gasteiger partial charge on any atom is -0.493 e. The van der Waals surface area contributed by atoms with Gasteiger partial charge in [-0.3, -0.25) is 4.79 Å². The number of rotatable bonds is 8. The molecule has 0 spiro atoms. The third kappa shape index (κ3) is 5.04. The molecule has 20 heavy (non-hydrogen) atoms. The van der Waals surface area contributed by atoms with Crippen LogP contribution < -0.4 is 14.8 Å². The van der Waals surface area contributed by atoms with Crippen molar-refractivity contribution in [2.45, 2.75) is 32.6 Å². The molecule has 0 aliphatic carbocycles. The predicted octanol–water partition coefficient (Wildman–Crippen LogP) is 3.32. The maximum atomic E-state index is 11.9. The van der Waals surface area contributed by atoms with Crippen LogP contribution in [0.3, 0.4) is 0 Å². The van der Waals surface area contributed by atoms with Crippen LogP contribution >= 0.6 is 15.9 Å². The van der Waals surface area contributed by atoms with Crippen molar-refractivity contribution < 1.29 is 14.3 Å². The molecule has 0 saturated carbocycles. The first kappa shape index (κ1) is 16.8. The molecular formula is C15H22BrNO3. The first-order valence-electron chi connectivity index (χ1n) is 6.79. The summed E-state index contributed by atoms with van der Waals surface area (Å²) in [5, 5.41) is 2.93. The Balaban J connectivity index is 2.65. The van der Waals surface area contributed by atoms with Crippen LogP contribution in [0.15, 0.2) is 16.6 Å². The number of amides is 1. The summed E-state index contributed by atoms with van der Waals surface area (Å²) in [6, 6.07) is 3.65. The standard InChI is InChI=1S/C15H22BrNO3/c1-4-5-6-7-17-15(18)9-11-8-13(19-2)14(20-3)10-12(11)16/h8,10H,4-7,9H2,1-3H3,(H,17,18). The molecule has 0 aromatic heterocycles. The first-order chi connectivity index (χ1) is 9.62. The third-order valence-electron chi connectivity index (χ3n) is 3.01. The Bertz CT molecular complexity index is 449. The van der Waals surface area contributed by atoms with E-state index >= 15 is 0 Å². The molecule has 1 rings (SSSR count). The van der Waals surface area contributed by atoms with Crippen LogP contribution in [0.25, 0.3) is 0 Å². The minimum absolute atomic E-state index is 0.0222. The number of halogens is 1. The lowest BCUT2D eigenvalue weighted by atomic mass is 10.1. The van der Waals surface area contributed by atoms with Crippen LogP contribution in [0.5, 0.6) is 11.5 Å². The van der Waals surface area contributed by atoms with E-state index in [1.54, 1.807) is 14.2 Å². The Morgan fingerprint density at radius 2 is 1.85 bits per heavy atom. The highest BCUT2D eigenvalue weighted by Crippen LogP contribution is 2.33. The number of nitrogens with one attached hydrogen (secondary N) is 1. The Kier molecular flexibility index (Phi) is 7.44. The van der Waals surface area contributed by atoms with Crippen molar-refractivity contribution in [3.8, 4) is 11.5 Å². The second-order valence-electron chi connectivity index (χ2n) is 4.53. The highest BCUT2D eigenvalue weighted by molar-refractivity contribution is 9.10. The average molecular weight is 344 g/mol. The van der Waals surface area contributed by atoms with Gasteiger partial charge in [0.1, 0.15) is 0 Å². The summed E-state index contributed by atoms with van der Waals surface area (Å²) in [6.07, 6.45) is 3.64. The van der Waals surface area contributed by atoms with Crippen molar-refractivity contribution in [2.75, 3.05) is 20.8 Å². The Labute approximate surface area is 129 Å². The predicted molar refractivity (Wildman–Crippen MR) is 83.5 cm³/mol. The second-order valence-corrected chi connectivity index (χ2v) is 5.39. The summed E-state index contributed by atoms with van der Waals surface area (Å²) in [4.78, 5) is 11.9. The van der Waals surface area contributed by atoms with Gasteiger partial charge < -0.3 is 14.8 Å². The van der Waals surface area contributed by atoms with E-state index in [0.29, 0.717) is 17.9 Å². The van der Waals surface area contributed by atoms with E-state index in [2.05, 4.69) is 28.2 Å². The van der Waals surface area contributed by atoms with Gasteiger partial charge in [-0.2, -0.15) is 0 Å². The molecule has 0 aliphatic heterocycles. The molecule has 1 N–H and O–H groups in total. The van der Waals surface area contributed by atoms with Crippen LogP contribution in [0, 0.1) is 0 Å². The lowest BCUT2D eigenvalue weighted by Crippen LogP contribution is -2.26. The highest BCUT2D eigenvalue weighted by atomic mass is 79.9. The number of hydrogen-bond donors (Lipinski definition) is 1. The highest BCUT2D eigenvalue weighted by Gasteiger charge is 2.12. The fourth-order valence-corrected chi connectivity index (χ4v) is 2.33. The van der Waals surface area contributed by atoms with E-state index in [-0.39, 0.29) is 5.91 Å². The summed E-state index contributed by atoms with van der Waals surface area (Å²) in [6.45, 7) is 2.88. The first-order valence-corrected chi connectivity index (χ1v) is 7.58. The zero-order chi connectivity index (χ0) is 15.0. The largest absolute Gasteiger partial charge is 0.493 e. The van der Waals surface area contributed by atoms with E-state index in [1.807, 2.05) is 12.1 Å². The summed E-state index contributed by atoms with van der Waals surface area (Å²) in [5.74, 6) is 1.30. The molecule has 5 heteroatoms. The maximum absolute atomic E-state index is 11.9. The van der Waals surface area contributed by atoms with Crippen molar-refractivity contribution in [3.63, 3.8) is 0 Å². The minimum atomic E-state index is 0.0222. The molecule has 0 atom stereocenters. The molecule has 4 nitrogen and oxygen atoms in total. The van der Waals surface area contributed by atoms with Crippen molar-refractivity contribution in [1.82, 2.24) is 5.32 Å². The molecule has 0 saturated heterocycles. The van der Waals surface area contributed by atoms with Gasteiger partial charge in [0.25, 0.3) is 0 Å². The number of carbonyl (C=O) groups is 1. The third-order valence-corrected chi connectivity index (χ3v) is 3.74. The lowest BCUT2D eigenvalue weighted by Gasteiger charge is -2.12. The molecule has 0 fully saturated rings. The Morgan fingerprint density at radius 1 is 1.20 bits per heavy atom. The van der Waals surface area contributed by atoms with Gasteiger partial charge in [0.15, 0.2) is 11.5 Å². The molecule has 1 amide bonds. The quantitative estimate of drug-likeness (QED) is 0.736. The molecule has 0 bridgehead atoms. The molecule has 0 heterocycles. The molecule has 0 aliphatic rings. The number of hydrogen-bond acceptors (Lipinski definition) is 3. The van der Waals surface area contributed by atoms with Gasteiger partial charge >= 0.3 is 0 Å². The smallest absolute Gasteiger partial charge is 0.224 e. The van der Waals surface area contributed by atoms with Crippen molar-refractivity contribution in [2.24, 2.45) is 0 Å². The topological polar surface area (TPSA) is 47.6 Å². The number of carbonyl (C=O) groups excluding carboxylic acids is 1. The van der Waals surface area contributed by atoms with Crippen LogP contribution in [-0.2, 0) is 11.2 Å². The van der Waals surface area contributed by atoms with Gasteiger partial charge in [-0.25, -0.2) is 0 Å². The van der Waals surface area contributed by atoms with E-state index in [0.717, 1.165) is 35.8 Å². The van der Waals surface area contributed by atoms with E-state index in [9.17, 15) is 4.79 Å². The number of benzene rings is 1. The van der Waals surface area contributed by atoms with Gasteiger partial charge in [0, 0.05) is 11.0 Å². The summed E-state index contributed by atoms with van der Waals surface area (Å²) < 4.78 is 11.3. The van der Waals surface area contributed by atoms with Crippen molar-refractivity contribution in [3.05, 3.63) is 22.2 Å². The average Bonchev–Trinajstić information content (AvgIpc) is 2.45. The van der Waals surface area contributed by atoms with Gasteiger partial charge in [-0.15, -0.1) is 0 Å². The van der Waals surface area contributed by atoms with Gasteiger partial charge in [-0.1, -0.05) is 35.7 Å². The normalized spacial score (nSPS) is 10.2.